The van der Waals surface area contributed by atoms with Gasteiger partial charge in [-0.15, -0.1) is 0 Å². The predicted octanol–water partition coefficient (Wildman–Crippen LogP) is 4.25. The van der Waals surface area contributed by atoms with Crippen LogP contribution in [0.5, 0.6) is 0 Å². The molecular formula is C18H16Cl3N3O2S. The minimum atomic E-state index is -3.93. The fourth-order valence-corrected chi connectivity index (χ4v) is 5.65. The van der Waals surface area contributed by atoms with E-state index in [0.717, 1.165) is 37.3 Å². The Labute approximate surface area is 172 Å². The molecule has 0 bridgehead atoms. The first-order valence-corrected chi connectivity index (χ1v) is 10.9. The third-order valence-corrected chi connectivity index (χ3v) is 7.52. The van der Waals surface area contributed by atoms with Gasteiger partial charge in [-0.3, -0.25) is 0 Å². The van der Waals surface area contributed by atoms with E-state index in [4.69, 9.17) is 34.8 Å². The van der Waals surface area contributed by atoms with Crippen LogP contribution < -0.4 is 10.2 Å². The van der Waals surface area contributed by atoms with Crippen molar-refractivity contribution in [2.75, 3.05) is 31.1 Å². The molecule has 9 heteroatoms. The van der Waals surface area contributed by atoms with Gasteiger partial charge in [0.05, 0.1) is 20.6 Å². The van der Waals surface area contributed by atoms with E-state index in [2.05, 4.69) is 10.2 Å². The van der Waals surface area contributed by atoms with Crippen LogP contribution in [0, 0.1) is 0 Å². The van der Waals surface area contributed by atoms with E-state index in [-0.39, 0.29) is 20.0 Å². The van der Waals surface area contributed by atoms with Crippen LogP contribution in [0.3, 0.4) is 0 Å². The van der Waals surface area contributed by atoms with Crippen molar-refractivity contribution in [3.63, 3.8) is 0 Å². The summed E-state index contributed by atoms with van der Waals surface area (Å²) in [6, 6.07) is 10.1. The van der Waals surface area contributed by atoms with Crippen molar-refractivity contribution in [1.29, 1.82) is 0 Å². The van der Waals surface area contributed by atoms with Crippen LogP contribution in [0.25, 0.3) is 10.9 Å². The average molecular weight is 445 g/mol. The summed E-state index contributed by atoms with van der Waals surface area (Å²) in [6.45, 7) is 3.54. The number of fused-ring (bicyclic) bond motifs is 1. The molecule has 0 spiro atoms. The molecule has 142 valence electrons. The van der Waals surface area contributed by atoms with Crippen LogP contribution >= 0.6 is 34.8 Å². The molecule has 1 aromatic heterocycles. The molecule has 0 aliphatic carbocycles. The average Bonchev–Trinajstić information content (AvgIpc) is 3.10. The molecule has 4 rings (SSSR count). The highest BCUT2D eigenvalue weighted by molar-refractivity contribution is 7.90. The minimum absolute atomic E-state index is 0.0320. The van der Waals surface area contributed by atoms with E-state index in [0.29, 0.717) is 5.52 Å². The van der Waals surface area contributed by atoms with E-state index in [1.54, 1.807) is 12.3 Å². The predicted molar refractivity (Wildman–Crippen MR) is 111 cm³/mol. The Balaban J connectivity index is 1.86. The summed E-state index contributed by atoms with van der Waals surface area (Å²) in [7, 11) is -3.93. The first-order chi connectivity index (χ1) is 12.9. The van der Waals surface area contributed by atoms with Crippen LogP contribution in [-0.4, -0.2) is 38.6 Å². The van der Waals surface area contributed by atoms with Gasteiger partial charge in [0.25, 0.3) is 10.0 Å². The van der Waals surface area contributed by atoms with Crippen LogP contribution in [0.1, 0.15) is 0 Å². The molecule has 1 saturated heterocycles. The van der Waals surface area contributed by atoms with Gasteiger partial charge in [0.1, 0.15) is 4.90 Å². The van der Waals surface area contributed by atoms with Crippen molar-refractivity contribution in [2.24, 2.45) is 0 Å². The Morgan fingerprint density at radius 2 is 1.63 bits per heavy atom. The number of benzene rings is 2. The van der Waals surface area contributed by atoms with Gasteiger partial charge >= 0.3 is 0 Å². The van der Waals surface area contributed by atoms with Gasteiger partial charge in [-0.25, -0.2) is 12.4 Å². The normalized spacial score (nSPS) is 15.4. The Kier molecular flexibility index (Phi) is 5.03. The second-order valence-electron chi connectivity index (χ2n) is 6.26. The Morgan fingerprint density at radius 3 is 2.37 bits per heavy atom. The van der Waals surface area contributed by atoms with Gasteiger partial charge in [-0.1, -0.05) is 40.9 Å². The first-order valence-electron chi connectivity index (χ1n) is 8.35. The van der Waals surface area contributed by atoms with Gasteiger partial charge in [0.15, 0.2) is 0 Å². The fraction of sp³-hybridized carbons (Fsp3) is 0.222. The third kappa shape index (κ3) is 3.30. The van der Waals surface area contributed by atoms with Crippen LogP contribution in [-0.2, 0) is 10.0 Å². The lowest BCUT2D eigenvalue weighted by Gasteiger charge is -2.30. The summed E-state index contributed by atoms with van der Waals surface area (Å²) in [4.78, 5) is 2.17. The van der Waals surface area contributed by atoms with Gasteiger partial charge in [0, 0.05) is 43.4 Å². The lowest BCUT2D eigenvalue weighted by molar-refractivity contribution is 0.589. The minimum Gasteiger partial charge on any atom is -0.368 e. The van der Waals surface area contributed by atoms with Crippen molar-refractivity contribution < 1.29 is 8.42 Å². The molecule has 27 heavy (non-hydrogen) atoms. The lowest BCUT2D eigenvalue weighted by atomic mass is 10.2. The summed E-state index contributed by atoms with van der Waals surface area (Å²) in [6.07, 6.45) is 1.55. The molecule has 2 aromatic carbocycles. The zero-order chi connectivity index (χ0) is 19.2. The number of nitrogens with one attached hydrogen (secondary N) is 1. The molecule has 3 aromatic rings. The van der Waals surface area contributed by atoms with Gasteiger partial charge in [0.2, 0.25) is 0 Å². The molecule has 0 amide bonds. The first kappa shape index (κ1) is 18.9. The monoisotopic (exact) mass is 443 g/mol. The molecule has 1 fully saturated rings. The van der Waals surface area contributed by atoms with Crippen LogP contribution in [0.4, 0.5) is 5.69 Å². The van der Waals surface area contributed by atoms with Crippen LogP contribution in [0.15, 0.2) is 47.5 Å². The summed E-state index contributed by atoms with van der Waals surface area (Å²) in [5, 5.41) is 4.57. The molecule has 1 aliphatic rings. The SMILES string of the molecule is O=S(=O)(c1cc(Cl)c(Cl)cc1Cl)n1ccc2c(N3CCNCC3)cccc21. The van der Waals surface area contributed by atoms with Crippen molar-refractivity contribution in [3.8, 4) is 0 Å². The Morgan fingerprint density at radius 1 is 0.926 bits per heavy atom. The zero-order valence-corrected chi connectivity index (χ0v) is 17.2. The number of hydrogen-bond donors (Lipinski definition) is 1. The van der Waals surface area contributed by atoms with Crippen molar-refractivity contribution in [1.82, 2.24) is 9.29 Å². The maximum Gasteiger partial charge on any atom is 0.269 e. The maximum absolute atomic E-state index is 13.2. The molecule has 1 N–H and O–H groups in total. The molecule has 5 nitrogen and oxygen atoms in total. The number of aromatic nitrogens is 1. The van der Waals surface area contributed by atoms with Gasteiger partial charge in [-0.2, -0.15) is 0 Å². The topological polar surface area (TPSA) is 54.3 Å². The summed E-state index contributed by atoms with van der Waals surface area (Å²) >= 11 is 18.1. The highest BCUT2D eigenvalue weighted by Gasteiger charge is 2.24. The van der Waals surface area contributed by atoms with Crippen molar-refractivity contribution in [3.05, 3.63) is 57.7 Å². The molecule has 2 heterocycles. The molecule has 0 saturated carbocycles. The highest BCUT2D eigenvalue weighted by Crippen LogP contribution is 2.35. The Hall–Kier alpha value is -1.44. The second-order valence-corrected chi connectivity index (χ2v) is 9.27. The fourth-order valence-electron chi connectivity index (χ4n) is 3.33. The number of piperazine rings is 1. The summed E-state index contributed by atoms with van der Waals surface area (Å²) in [5.41, 5.74) is 1.61. The summed E-state index contributed by atoms with van der Waals surface area (Å²) in [5.74, 6) is 0. The molecule has 0 unspecified atom stereocenters. The van der Waals surface area contributed by atoms with E-state index >= 15 is 0 Å². The van der Waals surface area contributed by atoms with Crippen LogP contribution in [0.2, 0.25) is 15.1 Å². The molecule has 0 radical (unpaired) electrons. The van der Waals surface area contributed by atoms with Crippen molar-refractivity contribution in [2.45, 2.75) is 4.90 Å². The van der Waals surface area contributed by atoms with E-state index in [1.165, 1.54) is 16.1 Å². The number of halogens is 3. The quantitative estimate of drug-likeness (QED) is 0.614. The van der Waals surface area contributed by atoms with Gasteiger partial charge in [-0.05, 0) is 30.3 Å². The van der Waals surface area contributed by atoms with Crippen molar-refractivity contribution >= 4 is 61.4 Å². The van der Waals surface area contributed by atoms with Gasteiger partial charge < -0.3 is 10.2 Å². The second kappa shape index (κ2) is 7.18. The standard InChI is InChI=1S/C18H16Cl3N3O2S/c19-13-10-15(21)18(11-14(13)20)27(25,26)24-7-4-12-16(2-1-3-17(12)24)23-8-5-22-6-9-23/h1-4,7,10-11,22H,5-6,8-9H2. The lowest BCUT2D eigenvalue weighted by Crippen LogP contribution is -2.43. The third-order valence-electron chi connectivity index (χ3n) is 4.64. The zero-order valence-electron chi connectivity index (χ0n) is 14.1. The molecule has 1 aliphatic heterocycles. The highest BCUT2D eigenvalue weighted by atomic mass is 35.5. The smallest absolute Gasteiger partial charge is 0.269 e. The van der Waals surface area contributed by atoms with E-state index in [9.17, 15) is 8.42 Å². The molecular weight excluding hydrogens is 429 g/mol. The number of nitrogens with zero attached hydrogens (tertiary/aromatic N) is 2. The Bertz CT molecular complexity index is 1120. The largest absolute Gasteiger partial charge is 0.368 e. The summed E-state index contributed by atoms with van der Waals surface area (Å²) < 4.78 is 27.7. The van der Waals surface area contributed by atoms with E-state index < -0.39 is 10.0 Å². The maximum atomic E-state index is 13.2. The van der Waals surface area contributed by atoms with E-state index in [1.807, 2.05) is 18.2 Å². The number of hydrogen-bond acceptors (Lipinski definition) is 4. The number of anilines is 1. The molecule has 0 atom stereocenters. The number of rotatable bonds is 3.